The highest BCUT2D eigenvalue weighted by molar-refractivity contribution is 5.17. The summed E-state index contributed by atoms with van der Waals surface area (Å²) >= 11 is 0. The standard InChI is InChI=1S/C14H22N2O/c1-10(2)8-15-9-12-5-4-11(3)16(14(12)17)13-6-7-13/h4-5,10,13,15H,6-9H2,1-3H3. The molecule has 0 atom stereocenters. The van der Waals surface area contributed by atoms with Crippen LogP contribution in [0.5, 0.6) is 0 Å². The van der Waals surface area contributed by atoms with Crippen LogP contribution in [0.4, 0.5) is 0 Å². The Kier molecular flexibility index (Phi) is 3.67. The van der Waals surface area contributed by atoms with Crippen LogP contribution in [0.1, 0.15) is 44.0 Å². The molecule has 0 spiro atoms. The van der Waals surface area contributed by atoms with Gasteiger partial charge in [-0.1, -0.05) is 19.9 Å². The summed E-state index contributed by atoms with van der Waals surface area (Å²) < 4.78 is 1.96. The van der Waals surface area contributed by atoms with Crippen LogP contribution in [0.3, 0.4) is 0 Å². The molecule has 0 unspecified atom stereocenters. The molecular weight excluding hydrogens is 212 g/mol. The molecule has 0 saturated heterocycles. The van der Waals surface area contributed by atoms with Gasteiger partial charge in [0.25, 0.3) is 5.56 Å². The first-order valence-corrected chi connectivity index (χ1v) is 6.51. The number of rotatable bonds is 5. The number of hydrogen-bond donors (Lipinski definition) is 1. The zero-order valence-electron chi connectivity index (χ0n) is 11.0. The van der Waals surface area contributed by atoms with Crippen molar-refractivity contribution >= 4 is 0 Å². The van der Waals surface area contributed by atoms with Crippen LogP contribution in [-0.4, -0.2) is 11.1 Å². The molecule has 1 aliphatic rings. The summed E-state index contributed by atoms with van der Waals surface area (Å²) in [6.07, 6.45) is 2.31. The van der Waals surface area contributed by atoms with Crippen molar-refractivity contribution in [2.75, 3.05) is 6.54 Å². The third-order valence-corrected chi connectivity index (χ3v) is 3.18. The molecule has 0 bridgehead atoms. The maximum Gasteiger partial charge on any atom is 0.255 e. The first-order valence-electron chi connectivity index (χ1n) is 6.51. The van der Waals surface area contributed by atoms with Crippen LogP contribution in [-0.2, 0) is 6.54 Å². The van der Waals surface area contributed by atoms with Gasteiger partial charge in [-0.2, -0.15) is 0 Å². The van der Waals surface area contributed by atoms with E-state index in [2.05, 4.69) is 25.2 Å². The van der Waals surface area contributed by atoms with Crippen molar-refractivity contribution in [3.8, 4) is 0 Å². The minimum Gasteiger partial charge on any atom is -0.312 e. The topological polar surface area (TPSA) is 34.0 Å². The van der Waals surface area contributed by atoms with E-state index in [-0.39, 0.29) is 5.56 Å². The molecule has 3 heteroatoms. The Morgan fingerprint density at radius 1 is 1.41 bits per heavy atom. The van der Waals surface area contributed by atoms with Crippen molar-refractivity contribution in [3.63, 3.8) is 0 Å². The molecule has 1 heterocycles. The van der Waals surface area contributed by atoms with E-state index in [9.17, 15) is 4.79 Å². The largest absolute Gasteiger partial charge is 0.312 e. The number of nitrogens with zero attached hydrogens (tertiary/aromatic N) is 1. The minimum absolute atomic E-state index is 0.198. The molecule has 1 aliphatic carbocycles. The van der Waals surface area contributed by atoms with Crippen LogP contribution in [0.2, 0.25) is 0 Å². The van der Waals surface area contributed by atoms with E-state index in [0.717, 1.165) is 30.6 Å². The lowest BCUT2D eigenvalue weighted by molar-refractivity contribution is 0.546. The molecule has 2 rings (SSSR count). The fourth-order valence-corrected chi connectivity index (χ4v) is 2.10. The number of aryl methyl sites for hydroxylation is 1. The summed E-state index contributed by atoms with van der Waals surface area (Å²) in [6.45, 7) is 8.00. The molecule has 3 nitrogen and oxygen atoms in total. The van der Waals surface area contributed by atoms with E-state index in [4.69, 9.17) is 0 Å². The predicted molar refractivity (Wildman–Crippen MR) is 70.3 cm³/mol. The van der Waals surface area contributed by atoms with Gasteiger partial charge in [0.15, 0.2) is 0 Å². The summed E-state index contributed by atoms with van der Waals surface area (Å²) in [6, 6.07) is 4.49. The normalized spacial score (nSPS) is 15.5. The zero-order chi connectivity index (χ0) is 12.4. The molecule has 1 aromatic heterocycles. The zero-order valence-corrected chi connectivity index (χ0v) is 11.0. The molecule has 17 heavy (non-hydrogen) atoms. The van der Waals surface area contributed by atoms with Crippen molar-refractivity contribution in [2.45, 2.75) is 46.2 Å². The van der Waals surface area contributed by atoms with Gasteiger partial charge in [0.2, 0.25) is 0 Å². The minimum atomic E-state index is 0.198. The van der Waals surface area contributed by atoms with Gasteiger partial charge in [0, 0.05) is 23.8 Å². The quantitative estimate of drug-likeness (QED) is 0.847. The second-order valence-electron chi connectivity index (χ2n) is 5.43. The summed E-state index contributed by atoms with van der Waals surface area (Å²) in [5.41, 5.74) is 2.18. The third kappa shape index (κ3) is 2.97. The Hall–Kier alpha value is -1.09. The van der Waals surface area contributed by atoms with E-state index in [1.165, 1.54) is 0 Å². The summed E-state index contributed by atoms with van der Waals surface area (Å²) in [5.74, 6) is 0.617. The van der Waals surface area contributed by atoms with Gasteiger partial charge >= 0.3 is 0 Å². The van der Waals surface area contributed by atoms with Gasteiger partial charge in [-0.05, 0) is 38.3 Å². The third-order valence-electron chi connectivity index (χ3n) is 3.18. The van der Waals surface area contributed by atoms with Crippen LogP contribution in [0.15, 0.2) is 16.9 Å². The fourth-order valence-electron chi connectivity index (χ4n) is 2.10. The van der Waals surface area contributed by atoms with Crippen LogP contribution < -0.4 is 10.9 Å². The van der Waals surface area contributed by atoms with Crippen molar-refractivity contribution < 1.29 is 0 Å². The smallest absolute Gasteiger partial charge is 0.255 e. The van der Waals surface area contributed by atoms with Crippen LogP contribution in [0.25, 0.3) is 0 Å². The second-order valence-corrected chi connectivity index (χ2v) is 5.43. The van der Waals surface area contributed by atoms with Gasteiger partial charge in [-0.15, -0.1) is 0 Å². The highest BCUT2D eigenvalue weighted by Crippen LogP contribution is 2.34. The fraction of sp³-hybridized carbons (Fsp3) is 0.643. The monoisotopic (exact) mass is 234 g/mol. The molecule has 0 amide bonds. The lowest BCUT2D eigenvalue weighted by Crippen LogP contribution is -2.29. The Balaban J connectivity index is 2.12. The summed E-state index contributed by atoms with van der Waals surface area (Å²) in [7, 11) is 0. The van der Waals surface area contributed by atoms with Crippen LogP contribution >= 0.6 is 0 Å². The molecule has 0 radical (unpaired) electrons. The Bertz CT molecular complexity index is 444. The van der Waals surface area contributed by atoms with Crippen molar-refractivity contribution in [2.24, 2.45) is 5.92 Å². The molecule has 1 aromatic rings. The highest BCUT2D eigenvalue weighted by atomic mass is 16.1. The van der Waals surface area contributed by atoms with Crippen molar-refractivity contribution in [1.82, 2.24) is 9.88 Å². The number of aromatic nitrogens is 1. The highest BCUT2D eigenvalue weighted by Gasteiger charge is 2.26. The van der Waals surface area contributed by atoms with Gasteiger partial charge in [0.05, 0.1) is 0 Å². The number of nitrogens with one attached hydrogen (secondary N) is 1. The first kappa shape index (κ1) is 12.4. The average molecular weight is 234 g/mol. The molecule has 0 aliphatic heterocycles. The molecule has 1 fully saturated rings. The Morgan fingerprint density at radius 3 is 2.71 bits per heavy atom. The van der Waals surface area contributed by atoms with Gasteiger partial charge in [0.1, 0.15) is 0 Å². The van der Waals surface area contributed by atoms with Gasteiger partial charge in [-0.3, -0.25) is 4.79 Å². The van der Waals surface area contributed by atoms with Gasteiger partial charge < -0.3 is 9.88 Å². The SMILES string of the molecule is Cc1ccc(CNCC(C)C)c(=O)n1C1CC1. The van der Waals surface area contributed by atoms with E-state index in [1.807, 2.05) is 17.6 Å². The molecule has 94 valence electrons. The van der Waals surface area contributed by atoms with E-state index in [1.54, 1.807) is 0 Å². The Labute approximate surface area is 103 Å². The maximum atomic E-state index is 12.3. The molecular formula is C14H22N2O. The van der Waals surface area contributed by atoms with E-state index < -0.39 is 0 Å². The van der Waals surface area contributed by atoms with Crippen molar-refractivity contribution in [1.29, 1.82) is 0 Å². The number of hydrogen-bond acceptors (Lipinski definition) is 2. The van der Waals surface area contributed by atoms with E-state index in [0.29, 0.717) is 18.5 Å². The second kappa shape index (κ2) is 5.05. The van der Waals surface area contributed by atoms with Gasteiger partial charge in [-0.25, -0.2) is 0 Å². The number of pyridine rings is 1. The summed E-state index contributed by atoms with van der Waals surface area (Å²) in [5, 5.41) is 3.33. The van der Waals surface area contributed by atoms with Crippen LogP contribution in [0, 0.1) is 12.8 Å². The molecule has 1 N–H and O–H groups in total. The Morgan fingerprint density at radius 2 is 2.12 bits per heavy atom. The average Bonchev–Trinajstić information content (AvgIpc) is 3.05. The maximum absolute atomic E-state index is 12.3. The lowest BCUT2D eigenvalue weighted by Gasteiger charge is -2.12. The van der Waals surface area contributed by atoms with Crippen molar-refractivity contribution in [3.05, 3.63) is 33.7 Å². The predicted octanol–water partition coefficient (Wildman–Crippen LogP) is 2.24. The lowest BCUT2D eigenvalue weighted by atomic mass is 10.2. The summed E-state index contributed by atoms with van der Waals surface area (Å²) in [4.78, 5) is 12.3. The first-order chi connectivity index (χ1) is 8.09. The van der Waals surface area contributed by atoms with E-state index >= 15 is 0 Å². The molecule has 1 saturated carbocycles. The molecule has 0 aromatic carbocycles.